The van der Waals surface area contributed by atoms with Crippen LogP contribution in [0.25, 0.3) is 22.6 Å². The number of hydrogen-bond acceptors (Lipinski definition) is 6. The van der Waals surface area contributed by atoms with E-state index in [9.17, 15) is 9.59 Å². The van der Waals surface area contributed by atoms with E-state index in [1.54, 1.807) is 6.20 Å². The van der Waals surface area contributed by atoms with Crippen molar-refractivity contribution in [3.8, 4) is 11.4 Å². The molecule has 4 heterocycles. The Hall–Kier alpha value is -3.72. The normalized spacial score (nSPS) is 15.2. The van der Waals surface area contributed by atoms with Gasteiger partial charge in [-0.1, -0.05) is 45.0 Å². The Labute approximate surface area is 196 Å². The molecule has 1 aromatic carbocycles. The fourth-order valence-corrected chi connectivity index (χ4v) is 4.37. The summed E-state index contributed by atoms with van der Waals surface area (Å²) in [5.74, 6) is 0.811. The van der Waals surface area contributed by atoms with Crippen LogP contribution in [0.4, 0.5) is 5.69 Å². The Morgan fingerprint density at radius 2 is 1.71 bits per heavy atom. The molecule has 0 bridgehead atoms. The van der Waals surface area contributed by atoms with Crippen molar-refractivity contribution in [1.82, 2.24) is 29.8 Å². The Balaban J connectivity index is 1.33. The van der Waals surface area contributed by atoms with Gasteiger partial charge < -0.3 is 14.9 Å². The first-order valence-corrected chi connectivity index (χ1v) is 11.5. The van der Waals surface area contributed by atoms with E-state index in [2.05, 4.69) is 74.8 Å². The van der Waals surface area contributed by atoms with Gasteiger partial charge in [0.1, 0.15) is 11.3 Å². The summed E-state index contributed by atoms with van der Waals surface area (Å²) in [5.41, 5.74) is 4.89. The Kier molecular flexibility index (Phi) is 5.57. The van der Waals surface area contributed by atoms with E-state index in [0.29, 0.717) is 17.8 Å². The quantitative estimate of drug-likeness (QED) is 0.432. The standard InChI is InChI=1S/C25H29N7O2/c1-25(2,3)18-6-4-16(5-7-18)21-28-20-19(8-9-26-22(20)29-21)32-12-10-31(11-13-32)15-17-14-27-24(34)30-23(17)33/h4-9,14H,10-13,15H2,1-3H3,(H,26,28,29)(H2,27,30,33,34). The number of nitrogens with zero attached hydrogens (tertiary/aromatic N) is 4. The molecule has 0 amide bonds. The maximum absolute atomic E-state index is 12.0. The molecule has 0 aliphatic carbocycles. The molecule has 5 rings (SSSR count). The van der Waals surface area contributed by atoms with Crippen molar-refractivity contribution in [2.45, 2.75) is 32.7 Å². The van der Waals surface area contributed by atoms with Gasteiger partial charge in [0, 0.05) is 56.2 Å². The zero-order valence-corrected chi connectivity index (χ0v) is 19.7. The van der Waals surface area contributed by atoms with Gasteiger partial charge in [0.2, 0.25) is 0 Å². The molecule has 4 aromatic rings. The Morgan fingerprint density at radius 3 is 2.38 bits per heavy atom. The number of benzene rings is 1. The lowest BCUT2D eigenvalue weighted by atomic mass is 9.87. The number of anilines is 1. The van der Waals surface area contributed by atoms with Gasteiger partial charge in [-0.25, -0.2) is 14.8 Å². The van der Waals surface area contributed by atoms with Crippen LogP contribution in [0.15, 0.2) is 52.3 Å². The van der Waals surface area contributed by atoms with E-state index in [1.807, 2.05) is 6.07 Å². The van der Waals surface area contributed by atoms with E-state index in [1.165, 1.54) is 11.8 Å². The lowest BCUT2D eigenvalue weighted by molar-refractivity contribution is 0.248. The van der Waals surface area contributed by atoms with E-state index >= 15 is 0 Å². The van der Waals surface area contributed by atoms with E-state index in [0.717, 1.165) is 48.8 Å². The third-order valence-corrected chi connectivity index (χ3v) is 6.40. The van der Waals surface area contributed by atoms with Gasteiger partial charge in [-0.2, -0.15) is 0 Å². The van der Waals surface area contributed by atoms with Gasteiger partial charge in [0.25, 0.3) is 5.56 Å². The largest absolute Gasteiger partial charge is 0.367 e. The first-order valence-electron chi connectivity index (χ1n) is 11.5. The molecule has 1 saturated heterocycles. The number of H-pyrrole nitrogens is 3. The fraction of sp³-hybridized carbons (Fsp3) is 0.360. The molecule has 1 aliphatic heterocycles. The highest BCUT2D eigenvalue weighted by Crippen LogP contribution is 2.29. The summed E-state index contributed by atoms with van der Waals surface area (Å²) in [6.45, 7) is 10.4. The Morgan fingerprint density at radius 1 is 0.971 bits per heavy atom. The van der Waals surface area contributed by atoms with Crippen LogP contribution in [-0.4, -0.2) is 56.0 Å². The van der Waals surface area contributed by atoms with E-state index in [4.69, 9.17) is 4.98 Å². The van der Waals surface area contributed by atoms with E-state index < -0.39 is 5.69 Å². The highest BCUT2D eigenvalue weighted by molar-refractivity contribution is 5.88. The highest BCUT2D eigenvalue weighted by Gasteiger charge is 2.21. The summed E-state index contributed by atoms with van der Waals surface area (Å²) in [5, 5.41) is 0. The third kappa shape index (κ3) is 4.38. The molecule has 34 heavy (non-hydrogen) atoms. The van der Waals surface area contributed by atoms with E-state index in [-0.39, 0.29) is 11.0 Å². The minimum atomic E-state index is -0.482. The SMILES string of the molecule is CC(C)(C)c1ccc(-c2nc3nccc(N4CCN(Cc5c[nH]c(=O)[nH]c5=O)CC4)c3[nH]2)cc1. The smallest absolute Gasteiger partial charge is 0.325 e. The molecule has 1 aliphatic rings. The van der Waals surface area contributed by atoms with Crippen LogP contribution in [0.5, 0.6) is 0 Å². The summed E-state index contributed by atoms with van der Waals surface area (Å²) in [4.78, 5) is 45.3. The summed E-state index contributed by atoms with van der Waals surface area (Å²) in [7, 11) is 0. The van der Waals surface area contributed by atoms with Crippen molar-refractivity contribution in [1.29, 1.82) is 0 Å². The zero-order valence-electron chi connectivity index (χ0n) is 19.7. The van der Waals surface area contributed by atoms with Gasteiger partial charge in [-0.05, 0) is 17.0 Å². The molecular weight excluding hydrogens is 430 g/mol. The lowest BCUT2D eigenvalue weighted by Crippen LogP contribution is -2.46. The molecule has 1 fully saturated rings. The van der Waals surface area contributed by atoms with Crippen molar-refractivity contribution in [2.24, 2.45) is 0 Å². The highest BCUT2D eigenvalue weighted by atomic mass is 16.2. The topological polar surface area (TPSA) is 114 Å². The second-order valence-electron chi connectivity index (χ2n) is 9.80. The number of hydrogen-bond donors (Lipinski definition) is 3. The molecule has 9 nitrogen and oxygen atoms in total. The maximum atomic E-state index is 12.0. The molecule has 176 valence electrons. The predicted octanol–water partition coefficient (Wildman–Crippen LogP) is 2.62. The number of piperazine rings is 1. The summed E-state index contributed by atoms with van der Waals surface area (Å²) < 4.78 is 0. The molecule has 0 atom stereocenters. The van der Waals surface area contributed by atoms with Crippen LogP contribution in [0, 0.1) is 0 Å². The third-order valence-electron chi connectivity index (χ3n) is 6.40. The van der Waals surface area contributed by atoms with Crippen molar-refractivity contribution >= 4 is 16.9 Å². The maximum Gasteiger partial charge on any atom is 0.325 e. The van der Waals surface area contributed by atoms with Crippen molar-refractivity contribution in [2.75, 3.05) is 31.1 Å². The van der Waals surface area contributed by atoms with Crippen molar-refractivity contribution < 1.29 is 0 Å². The zero-order chi connectivity index (χ0) is 23.9. The number of aromatic amines is 3. The molecular formula is C25H29N7O2. The number of imidazole rings is 1. The van der Waals surface area contributed by atoms with Crippen LogP contribution in [-0.2, 0) is 12.0 Å². The molecule has 0 unspecified atom stereocenters. The number of aromatic nitrogens is 5. The number of fused-ring (bicyclic) bond motifs is 1. The van der Waals surface area contributed by atoms with Gasteiger partial charge in [-0.15, -0.1) is 0 Å². The van der Waals surface area contributed by atoms with Gasteiger partial charge in [-0.3, -0.25) is 14.7 Å². The fourth-order valence-electron chi connectivity index (χ4n) is 4.37. The number of pyridine rings is 1. The first kappa shape index (κ1) is 22.1. The predicted molar refractivity (Wildman–Crippen MR) is 133 cm³/mol. The summed E-state index contributed by atoms with van der Waals surface area (Å²) in [6, 6.07) is 10.5. The average molecular weight is 460 g/mol. The minimum absolute atomic E-state index is 0.106. The summed E-state index contributed by atoms with van der Waals surface area (Å²) >= 11 is 0. The molecule has 0 saturated carbocycles. The first-order chi connectivity index (χ1) is 16.3. The molecule has 9 heteroatoms. The monoisotopic (exact) mass is 459 g/mol. The molecule has 3 aromatic heterocycles. The molecule has 0 radical (unpaired) electrons. The minimum Gasteiger partial charge on any atom is -0.367 e. The van der Waals surface area contributed by atoms with Gasteiger partial charge in [0.05, 0.1) is 5.69 Å². The van der Waals surface area contributed by atoms with Gasteiger partial charge >= 0.3 is 5.69 Å². The Bertz CT molecular complexity index is 1420. The van der Waals surface area contributed by atoms with Crippen LogP contribution < -0.4 is 16.1 Å². The second-order valence-corrected chi connectivity index (χ2v) is 9.80. The van der Waals surface area contributed by atoms with Crippen LogP contribution in [0.3, 0.4) is 0 Å². The second kappa shape index (κ2) is 8.57. The summed E-state index contributed by atoms with van der Waals surface area (Å²) in [6.07, 6.45) is 3.30. The van der Waals surface area contributed by atoms with Crippen LogP contribution in [0.1, 0.15) is 31.9 Å². The molecule has 0 spiro atoms. The van der Waals surface area contributed by atoms with Crippen LogP contribution in [0.2, 0.25) is 0 Å². The molecule has 3 N–H and O–H groups in total. The lowest BCUT2D eigenvalue weighted by Gasteiger charge is -2.36. The average Bonchev–Trinajstić information content (AvgIpc) is 3.26. The number of nitrogens with one attached hydrogen (secondary N) is 3. The van der Waals surface area contributed by atoms with Crippen LogP contribution >= 0.6 is 0 Å². The van der Waals surface area contributed by atoms with Gasteiger partial charge in [0.15, 0.2) is 5.65 Å². The van der Waals surface area contributed by atoms with Crippen molar-refractivity contribution in [3.05, 3.63) is 74.7 Å². The van der Waals surface area contributed by atoms with Crippen molar-refractivity contribution in [3.63, 3.8) is 0 Å². The number of rotatable bonds is 4.